The molecule has 3 N–H and O–H groups in total. The number of nitrogens with zero attached hydrogens (tertiary/aromatic N) is 1. The first-order valence-electron chi connectivity index (χ1n) is 8.32. The van der Waals surface area contributed by atoms with Gasteiger partial charge >= 0.3 is 0 Å². The molecular formula is C18H27N3O2. The van der Waals surface area contributed by atoms with E-state index in [4.69, 9.17) is 5.73 Å². The molecule has 2 atom stereocenters. The molecule has 126 valence electrons. The number of primary amides is 1. The molecule has 1 heterocycles. The van der Waals surface area contributed by atoms with Gasteiger partial charge in [-0.05, 0) is 49.9 Å². The highest BCUT2D eigenvalue weighted by Gasteiger charge is 2.29. The van der Waals surface area contributed by atoms with E-state index in [-0.39, 0.29) is 23.8 Å². The molecule has 0 aliphatic carbocycles. The normalized spacial score (nSPS) is 20.3. The van der Waals surface area contributed by atoms with Gasteiger partial charge in [-0.1, -0.05) is 26.0 Å². The molecule has 0 radical (unpaired) electrons. The average Bonchev–Trinajstić information content (AvgIpc) is 2.54. The minimum atomic E-state index is -0.276. The molecule has 0 unspecified atom stereocenters. The van der Waals surface area contributed by atoms with Crippen LogP contribution in [0.25, 0.3) is 0 Å². The lowest BCUT2D eigenvalue weighted by molar-refractivity contribution is -0.127. The average molecular weight is 317 g/mol. The van der Waals surface area contributed by atoms with Gasteiger partial charge in [-0.25, -0.2) is 0 Å². The van der Waals surface area contributed by atoms with Crippen molar-refractivity contribution in [1.82, 2.24) is 4.90 Å². The highest BCUT2D eigenvalue weighted by atomic mass is 16.2. The van der Waals surface area contributed by atoms with Crippen LogP contribution in [0.3, 0.4) is 0 Å². The van der Waals surface area contributed by atoms with Crippen LogP contribution in [0.15, 0.2) is 24.3 Å². The summed E-state index contributed by atoms with van der Waals surface area (Å²) >= 11 is 0. The second-order valence-electron chi connectivity index (χ2n) is 6.68. The second-order valence-corrected chi connectivity index (χ2v) is 6.68. The second kappa shape index (κ2) is 7.59. The van der Waals surface area contributed by atoms with Crippen molar-refractivity contribution in [3.05, 3.63) is 29.8 Å². The monoisotopic (exact) mass is 317 g/mol. The largest absolute Gasteiger partial charge is 0.369 e. The van der Waals surface area contributed by atoms with Gasteiger partial charge in [0.15, 0.2) is 0 Å². The highest BCUT2D eigenvalue weighted by molar-refractivity contribution is 5.94. The number of carbonyl (C=O) groups excluding carboxylic acids is 2. The number of benzene rings is 1. The predicted molar refractivity (Wildman–Crippen MR) is 92.1 cm³/mol. The summed E-state index contributed by atoms with van der Waals surface area (Å²) in [6.45, 7) is 7.55. The molecule has 2 amide bonds. The molecule has 0 aromatic heterocycles. The number of anilines is 1. The molecule has 2 rings (SSSR count). The van der Waals surface area contributed by atoms with Gasteiger partial charge in [-0.3, -0.25) is 14.5 Å². The SMILES string of the molecule is CC(C)c1ccc(NC(=O)[C@@H](C)N2CCC[C@H](C(N)=O)C2)cc1. The van der Waals surface area contributed by atoms with Gasteiger partial charge in [-0.2, -0.15) is 0 Å². The summed E-state index contributed by atoms with van der Waals surface area (Å²) in [5.74, 6) is 0.00100. The fourth-order valence-corrected chi connectivity index (χ4v) is 2.95. The molecule has 1 aliphatic heterocycles. The van der Waals surface area contributed by atoms with Gasteiger partial charge in [0.1, 0.15) is 0 Å². The van der Waals surface area contributed by atoms with Crippen molar-refractivity contribution >= 4 is 17.5 Å². The molecular weight excluding hydrogens is 290 g/mol. The zero-order valence-corrected chi connectivity index (χ0v) is 14.2. The minimum absolute atomic E-state index is 0.0487. The van der Waals surface area contributed by atoms with Crippen LogP contribution in [-0.4, -0.2) is 35.8 Å². The maximum absolute atomic E-state index is 12.4. The molecule has 1 saturated heterocycles. The number of amides is 2. The van der Waals surface area contributed by atoms with Gasteiger partial charge in [0.05, 0.1) is 12.0 Å². The van der Waals surface area contributed by atoms with Gasteiger partial charge in [0.2, 0.25) is 11.8 Å². The third kappa shape index (κ3) is 4.55. The van der Waals surface area contributed by atoms with Gasteiger partial charge in [0, 0.05) is 12.2 Å². The number of hydrogen-bond donors (Lipinski definition) is 2. The van der Waals surface area contributed by atoms with E-state index in [1.165, 1.54) is 5.56 Å². The van der Waals surface area contributed by atoms with Crippen molar-refractivity contribution in [3.8, 4) is 0 Å². The minimum Gasteiger partial charge on any atom is -0.369 e. The Hall–Kier alpha value is -1.88. The molecule has 0 saturated carbocycles. The number of piperidine rings is 1. The van der Waals surface area contributed by atoms with E-state index in [1.807, 2.05) is 36.1 Å². The van der Waals surface area contributed by atoms with Crippen molar-refractivity contribution in [2.45, 2.75) is 45.6 Å². The van der Waals surface area contributed by atoms with E-state index in [9.17, 15) is 9.59 Å². The zero-order valence-electron chi connectivity index (χ0n) is 14.2. The molecule has 0 spiro atoms. The number of nitrogens with two attached hydrogens (primary N) is 1. The number of hydrogen-bond acceptors (Lipinski definition) is 3. The molecule has 1 aromatic carbocycles. The lowest BCUT2D eigenvalue weighted by Crippen LogP contribution is -2.49. The van der Waals surface area contributed by atoms with E-state index in [2.05, 4.69) is 19.2 Å². The van der Waals surface area contributed by atoms with Crippen molar-refractivity contribution in [2.24, 2.45) is 11.7 Å². The lowest BCUT2D eigenvalue weighted by atomic mass is 9.96. The first kappa shape index (κ1) is 17.5. The Morgan fingerprint density at radius 2 is 1.87 bits per heavy atom. The van der Waals surface area contributed by atoms with Gasteiger partial charge in [-0.15, -0.1) is 0 Å². The number of nitrogens with one attached hydrogen (secondary N) is 1. The van der Waals surface area contributed by atoms with Crippen molar-refractivity contribution in [3.63, 3.8) is 0 Å². The summed E-state index contributed by atoms with van der Waals surface area (Å²) in [5, 5.41) is 2.95. The van der Waals surface area contributed by atoms with Crippen molar-refractivity contribution in [1.29, 1.82) is 0 Å². The molecule has 1 aromatic rings. The maximum Gasteiger partial charge on any atom is 0.241 e. The summed E-state index contributed by atoms with van der Waals surface area (Å²) in [4.78, 5) is 25.8. The van der Waals surface area contributed by atoms with Crippen LogP contribution in [0, 0.1) is 5.92 Å². The molecule has 0 bridgehead atoms. The molecule has 1 aliphatic rings. The Labute approximate surface area is 138 Å². The Morgan fingerprint density at radius 3 is 2.43 bits per heavy atom. The van der Waals surface area contributed by atoms with Crippen molar-refractivity contribution < 1.29 is 9.59 Å². The Kier molecular flexibility index (Phi) is 5.77. The van der Waals surface area contributed by atoms with Crippen molar-refractivity contribution in [2.75, 3.05) is 18.4 Å². The van der Waals surface area contributed by atoms with E-state index >= 15 is 0 Å². The summed E-state index contributed by atoms with van der Waals surface area (Å²) in [7, 11) is 0. The first-order chi connectivity index (χ1) is 10.9. The van der Waals surface area contributed by atoms with Crippen LogP contribution >= 0.6 is 0 Å². The summed E-state index contributed by atoms with van der Waals surface area (Å²) < 4.78 is 0. The molecule has 5 nitrogen and oxygen atoms in total. The van der Waals surface area contributed by atoms with E-state index < -0.39 is 0 Å². The number of likely N-dealkylation sites (tertiary alicyclic amines) is 1. The van der Waals surface area contributed by atoms with Crippen LogP contribution in [0.4, 0.5) is 5.69 Å². The fourth-order valence-electron chi connectivity index (χ4n) is 2.95. The Bertz CT molecular complexity index is 554. The van der Waals surface area contributed by atoms with Gasteiger partial charge < -0.3 is 11.1 Å². The molecule has 1 fully saturated rings. The van der Waals surface area contributed by atoms with Crippen LogP contribution in [0.2, 0.25) is 0 Å². The highest BCUT2D eigenvalue weighted by Crippen LogP contribution is 2.20. The van der Waals surface area contributed by atoms with Crippen LogP contribution in [0.1, 0.15) is 45.1 Å². The number of carbonyl (C=O) groups is 2. The topological polar surface area (TPSA) is 75.4 Å². The summed E-state index contributed by atoms with van der Waals surface area (Å²) in [6, 6.07) is 7.66. The third-order valence-electron chi connectivity index (χ3n) is 4.63. The van der Waals surface area contributed by atoms with E-state index in [0.29, 0.717) is 12.5 Å². The standard InChI is InChI=1S/C18H27N3O2/c1-12(2)14-6-8-16(9-7-14)20-18(23)13(3)21-10-4-5-15(11-21)17(19)22/h6-9,12-13,15H,4-5,10-11H2,1-3H3,(H2,19,22)(H,20,23)/t13-,15+/m1/s1. The summed E-state index contributed by atoms with van der Waals surface area (Å²) in [6.07, 6.45) is 1.71. The van der Waals surface area contributed by atoms with Crippen LogP contribution < -0.4 is 11.1 Å². The van der Waals surface area contributed by atoms with Crippen LogP contribution in [-0.2, 0) is 9.59 Å². The lowest BCUT2D eigenvalue weighted by Gasteiger charge is -2.34. The van der Waals surface area contributed by atoms with E-state index in [1.54, 1.807) is 0 Å². The maximum atomic E-state index is 12.4. The Morgan fingerprint density at radius 1 is 1.22 bits per heavy atom. The Balaban J connectivity index is 1.95. The number of rotatable bonds is 5. The van der Waals surface area contributed by atoms with Gasteiger partial charge in [0.25, 0.3) is 0 Å². The smallest absolute Gasteiger partial charge is 0.241 e. The quantitative estimate of drug-likeness (QED) is 0.875. The van der Waals surface area contributed by atoms with E-state index in [0.717, 1.165) is 25.1 Å². The molecule has 23 heavy (non-hydrogen) atoms. The third-order valence-corrected chi connectivity index (χ3v) is 4.63. The van der Waals surface area contributed by atoms with Crippen LogP contribution in [0.5, 0.6) is 0 Å². The summed E-state index contributed by atoms with van der Waals surface area (Å²) in [5.41, 5.74) is 7.45. The zero-order chi connectivity index (χ0) is 17.0. The fraction of sp³-hybridized carbons (Fsp3) is 0.556. The first-order valence-corrected chi connectivity index (χ1v) is 8.32. The predicted octanol–water partition coefficient (Wildman–Crippen LogP) is 2.33. The molecule has 5 heteroatoms.